The minimum Gasteiger partial charge on any atom is -0.361 e. The molecule has 1 unspecified atom stereocenters. The maximum atomic E-state index is 5.43. The number of rotatable bonds is 9. The van der Waals surface area contributed by atoms with Gasteiger partial charge in [0.25, 0.3) is 0 Å². The fourth-order valence-electron chi connectivity index (χ4n) is 3.07. The minimum atomic E-state index is 0. The van der Waals surface area contributed by atoms with Crippen LogP contribution < -0.4 is 10.6 Å². The number of hydrogen-bond donors (Lipinski definition) is 2. The second-order valence-electron chi connectivity index (χ2n) is 6.68. The molecular weight excluding hydrogens is 429 g/mol. The van der Waals surface area contributed by atoms with Crippen LogP contribution in [-0.2, 0) is 19.4 Å². The molecule has 1 aliphatic rings. The van der Waals surface area contributed by atoms with E-state index >= 15 is 0 Å². The van der Waals surface area contributed by atoms with Crippen LogP contribution in [-0.4, -0.2) is 49.2 Å². The number of nitrogens with one attached hydrogen (secondary N) is 2. The fraction of sp³-hybridized carbons (Fsp3) is 0.778. The average Bonchev–Trinajstić information content (AvgIpc) is 3.31. The van der Waals surface area contributed by atoms with E-state index in [0.29, 0.717) is 12.6 Å². The van der Waals surface area contributed by atoms with E-state index in [9.17, 15) is 0 Å². The van der Waals surface area contributed by atoms with Crippen LogP contribution in [0.1, 0.15) is 50.6 Å². The van der Waals surface area contributed by atoms with Crippen LogP contribution in [0, 0.1) is 5.92 Å². The summed E-state index contributed by atoms with van der Waals surface area (Å²) < 4.78 is 5.43. The van der Waals surface area contributed by atoms with Crippen molar-refractivity contribution in [2.75, 3.05) is 27.2 Å². The average molecular weight is 463 g/mol. The van der Waals surface area contributed by atoms with E-state index in [-0.39, 0.29) is 24.0 Å². The van der Waals surface area contributed by atoms with Crippen LogP contribution in [0.25, 0.3) is 0 Å². The van der Waals surface area contributed by atoms with E-state index in [1.807, 2.05) is 0 Å². The zero-order valence-electron chi connectivity index (χ0n) is 16.3. The molecule has 0 spiro atoms. The molecule has 0 radical (unpaired) electrons. The van der Waals surface area contributed by atoms with E-state index in [1.165, 1.54) is 12.8 Å². The first kappa shape index (κ1) is 22.2. The molecule has 0 aromatic carbocycles. The van der Waals surface area contributed by atoms with Crippen molar-refractivity contribution in [3.63, 3.8) is 0 Å². The second-order valence-corrected chi connectivity index (χ2v) is 6.68. The standard InChI is InChI=1S/C18H33N5O.HI/c1-6-15-14(17(7-2)24-22-15)11-20-18(19-8-3)21-12-16(23(4)5)13-9-10-13;/h13,16H,6-12H2,1-5H3,(H2,19,20,21);1H. The molecule has 0 aliphatic heterocycles. The molecular formula is C18H34IN5O. The summed E-state index contributed by atoms with van der Waals surface area (Å²) in [5.74, 6) is 2.65. The van der Waals surface area contributed by atoms with Crippen LogP contribution in [0.15, 0.2) is 9.52 Å². The van der Waals surface area contributed by atoms with Crippen molar-refractivity contribution in [1.29, 1.82) is 0 Å². The Bertz CT molecular complexity index is 516. The Hall–Kier alpha value is -0.830. The van der Waals surface area contributed by atoms with Crippen molar-refractivity contribution in [2.45, 2.75) is 59.0 Å². The summed E-state index contributed by atoms with van der Waals surface area (Å²) in [7, 11) is 4.32. The van der Waals surface area contributed by atoms with Gasteiger partial charge in [0.2, 0.25) is 0 Å². The molecule has 2 rings (SSSR count). The first-order valence-electron chi connectivity index (χ1n) is 9.25. The van der Waals surface area contributed by atoms with Gasteiger partial charge in [-0.1, -0.05) is 19.0 Å². The summed E-state index contributed by atoms with van der Waals surface area (Å²) in [6.07, 6.45) is 4.42. The van der Waals surface area contributed by atoms with Crippen molar-refractivity contribution in [3.05, 3.63) is 17.0 Å². The molecule has 7 heteroatoms. The van der Waals surface area contributed by atoms with Gasteiger partial charge in [0.05, 0.1) is 12.2 Å². The summed E-state index contributed by atoms with van der Waals surface area (Å²) in [5.41, 5.74) is 2.17. The van der Waals surface area contributed by atoms with Gasteiger partial charge in [-0.15, -0.1) is 24.0 Å². The Morgan fingerprint density at radius 1 is 1.24 bits per heavy atom. The van der Waals surface area contributed by atoms with Crippen molar-refractivity contribution in [2.24, 2.45) is 10.9 Å². The van der Waals surface area contributed by atoms with Crippen molar-refractivity contribution in [1.82, 2.24) is 20.7 Å². The van der Waals surface area contributed by atoms with Crippen molar-refractivity contribution < 1.29 is 4.52 Å². The zero-order valence-corrected chi connectivity index (χ0v) is 18.6. The first-order valence-corrected chi connectivity index (χ1v) is 9.25. The minimum absolute atomic E-state index is 0. The molecule has 1 saturated carbocycles. The van der Waals surface area contributed by atoms with Gasteiger partial charge < -0.3 is 20.1 Å². The predicted molar refractivity (Wildman–Crippen MR) is 114 cm³/mol. The maximum absolute atomic E-state index is 5.43. The fourth-order valence-corrected chi connectivity index (χ4v) is 3.07. The number of aliphatic imine (C=N–C) groups is 1. The van der Waals surface area contributed by atoms with Crippen molar-refractivity contribution in [3.8, 4) is 0 Å². The Morgan fingerprint density at radius 2 is 1.96 bits per heavy atom. The molecule has 144 valence electrons. The molecule has 1 aromatic rings. The smallest absolute Gasteiger partial charge is 0.191 e. The molecule has 0 amide bonds. The number of halogens is 1. The Balaban J connectivity index is 0.00000312. The zero-order chi connectivity index (χ0) is 17.5. The quantitative estimate of drug-likeness (QED) is 0.335. The Labute approximate surface area is 169 Å². The molecule has 6 nitrogen and oxygen atoms in total. The van der Waals surface area contributed by atoms with Crippen LogP contribution in [0.4, 0.5) is 0 Å². The van der Waals surface area contributed by atoms with Crippen molar-refractivity contribution >= 4 is 29.9 Å². The number of nitrogens with zero attached hydrogens (tertiary/aromatic N) is 3. The largest absolute Gasteiger partial charge is 0.361 e. The van der Waals surface area contributed by atoms with Crippen LogP contribution in [0.3, 0.4) is 0 Å². The highest BCUT2D eigenvalue weighted by molar-refractivity contribution is 14.0. The number of hydrogen-bond acceptors (Lipinski definition) is 4. The molecule has 1 aliphatic carbocycles. The van der Waals surface area contributed by atoms with Gasteiger partial charge in [-0.3, -0.25) is 0 Å². The predicted octanol–water partition coefficient (Wildman–Crippen LogP) is 2.81. The lowest BCUT2D eigenvalue weighted by molar-refractivity contribution is 0.264. The third kappa shape index (κ3) is 6.44. The molecule has 1 fully saturated rings. The lowest BCUT2D eigenvalue weighted by atomic mass is 10.1. The Kier molecular flexibility index (Phi) is 9.78. The third-order valence-electron chi connectivity index (χ3n) is 4.65. The van der Waals surface area contributed by atoms with E-state index in [2.05, 4.69) is 55.6 Å². The van der Waals surface area contributed by atoms with Gasteiger partial charge in [-0.25, -0.2) is 4.99 Å². The van der Waals surface area contributed by atoms with Gasteiger partial charge >= 0.3 is 0 Å². The summed E-state index contributed by atoms with van der Waals surface area (Å²) in [6.45, 7) is 8.68. The molecule has 1 aromatic heterocycles. The van der Waals surface area contributed by atoms with E-state index in [0.717, 1.165) is 54.8 Å². The van der Waals surface area contributed by atoms with Gasteiger partial charge in [0.15, 0.2) is 5.96 Å². The highest BCUT2D eigenvalue weighted by Gasteiger charge is 2.32. The summed E-state index contributed by atoms with van der Waals surface area (Å²) >= 11 is 0. The first-order chi connectivity index (χ1) is 11.6. The monoisotopic (exact) mass is 463 g/mol. The van der Waals surface area contributed by atoms with E-state index in [1.54, 1.807) is 0 Å². The number of likely N-dealkylation sites (N-methyl/N-ethyl adjacent to an activating group) is 1. The highest BCUT2D eigenvalue weighted by Crippen LogP contribution is 2.34. The van der Waals surface area contributed by atoms with Crippen LogP contribution >= 0.6 is 24.0 Å². The van der Waals surface area contributed by atoms with Crippen LogP contribution in [0.5, 0.6) is 0 Å². The topological polar surface area (TPSA) is 65.7 Å². The lowest BCUT2D eigenvalue weighted by Gasteiger charge is -2.25. The second kappa shape index (κ2) is 11.0. The number of guanidine groups is 1. The molecule has 0 bridgehead atoms. The summed E-state index contributed by atoms with van der Waals surface area (Å²) in [4.78, 5) is 7.08. The molecule has 1 atom stereocenters. The molecule has 0 saturated heterocycles. The summed E-state index contributed by atoms with van der Waals surface area (Å²) in [5, 5.41) is 11.0. The van der Waals surface area contributed by atoms with Crippen LogP contribution in [0.2, 0.25) is 0 Å². The molecule has 1 heterocycles. The SMILES string of the molecule is CCNC(=NCc1c(CC)noc1CC)NCC(C1CC1)N(C)C.I. The maximum Gasteiger partial charge on any atom is 0.191 e. The Morgan fingerprint density at radius 3 is 2.48 bits per heavy atom. The third-order valence-corrected chi connectivity index (χ3v) is 4.65. The van der Waals surface area contributed by atoms with Gasteiger partial charge in [0.1, 0.15) is 5.76 Å². The number of aromatic nitrogens is 1. The highest BCUT2D eigenvalue weighted by atomic mass is 127. The number of aryl methyl sites for hydroxylation is 2. The van der Waals surface area contributed by atoms with Gasteiger partial charge in [-0.05, 0) is 46.2 Å². The van der Waals surface area contributed by atoms with Gasteiger partial charge in [-0.2, -0.15) is 0 Å². The van der Waals surface area contributed by atoms with E-state index in [4.69, 9.17) is 9.52 Å². The van der Waals surface area contributed by atoms with Gasteiger partial charge in [0, 0.05) is 31.1 Å². The van der Waals surface area contributed by atoms with E-state index < -0.39 is 0 Å². The summed E-state index contributed by atoms with van der Waals surface area (Å²) in [6, 6.07) is 0.571. The normalized spacial score (nSPS) is 15.8. The molecule has 2 N–H and O–H groups in total. The molecule has 25 heavy (non-hydrogen) atoms. The lowest BCUT2D eigenvalue weighted by Crippen LogP contribution is -2.46.